The highest BCUT2D eigenvalue weighted by Gasteiger charge is 2.35. The molecule has 0 N–H and O–H groups in total. The number of thiophene rings is 1. The number of fused-ring (bicyclic) bond motifs is 1. The van der Waals surface area contributed by atoms with E-state index >= 15 is 0 Å². The van der Waals surface area contributed by atoms with Crippen LogP contribution in [0, 0.1) is 24.0 Å². The topological polar surface area (TPSA) is 109 Å². The van der Waals surface area contributed by atoms with Crippen molar-refractivity contribution in [1.29, 1.82) is 0 Å². The molecule has 3 aromatic heterocycles. The van der Waals surface area contributed by atoms with Gasteiger partial charge in [-0.1, -0.05) is 47.7 Å². The molecule has 2 aromatic carbocycles. The average Bonchev–Trinajstić information content (AvgIpc) is 3.71. The summed E-state index contributed by atoms with van der Waals surface area (Å²) < 4.78 is 9.56. The second-order valence-corrected chi connectivity index (χ2v) is 11.9. The van der Waals surface area contributed by atoms with Crippen LogP contribution >= 0.6 is 22.7 Å². The van der Waals surface area contributed by atoms with Crippen molar-refractivity contribution in [3.8, 4) is 5.69 Å². The molecule has 0 saturated heterocycles. The van der Waals surface area contributed by atoms with Crippen molar-refractivity contribution in [2.24, 2.45) is 4.99 Å². The van der Waals surface area contributed by atoms with Gasteiger partial charge >= 0.3 is 5.97 Å². The maximum absolute atomic E-state index is 14.1. The van der Waals surface area contributed by atoms with E-state index in [1.807, 2.05) is 78.4 Å². The lowest BCUT2D eigenvalue weighted by Gasteiger charge is -2.24. The summed E-state index contributed by atoms with van der Waals surface area (Å²) in [5, 5.41) is 13.0. The van der Waals surface area contributed by atoms with Gasteiger partial charge in [-0.25, -0.2) is 9.79 Å². The molecule has 43 heavy (non-hydrogen) atoms. The molecule has 0 spiro atoms. The molecule has 0 radical (unpaired) electrons. The number of thiazole rings is 1. The number of ether oxygens (including phenoxy) is 1. The van der Waals surface area contributed by atoms with E-state index in [4.69, 9.17) is 9.73 Å². The molecular formula is C32H26N4O5S2. The van der Waals surface area contributed by atoms with Gasteiger partial charge in [-0.15, -0.1) is 11.3 Å². The average molecular weight is 611 g/mol. The zero-order valence-electron chi connectivity index (χ0n) is 23.5. The fraction of sp³-hybridized carbons (Fsp3) is 0.156. The van der Waals surface area contributed by atoms with Crippen LogP contribution in [0.5, 0.6) is 0 Å². The van der Waals surface area contributed by atoms with E-state index in [0.29, 0.717) is 20.6 Å². The number of nitro benzene ring substituents is 1. The third kappa shape index (κ3) is 5.06. The lowest BCUT2D eigenvalue weighted by molar-refractivity contribution is -0.384. The minimum atomic E-state index is -0.694. The minimum Gasteiger partial charge on any atom is -0.463 e. The molecule has 1 unspecified atom stereocenters. The Labute approximate surface area is 254 Å². The van der Waals surface area contributed by atoms with Crippen molar-refractivity contribution in [2.45, 2.75) is 26.8 Å². The Morgan fingerprint density at radius 1 is 1.09 bits per heavy atom. The number of hydrogen-bond donors (Lipinski definition) is 0. The smallest absolute Gasteiger partial charge is 0.338 e. The van der Waals surface area contributed by atoms with Gasteiger partial charge in [0, 0.05) is 39.6 Å². The van der Waals surface area contributed by atoms with Crippen LogP contribution in [-0.4, -0.2) is 26.6 Å². The molecule has 216 valence electrons. The van der Waals surface area contributed by atoms with Crippen LogP contribution < -0.4 is 14.9 Å². The number of carbonyl (C=O) groups is 1. The van der Waals surface area contributed by atoms with Crippen molar-refractivity contribution < 1.29 is 14.5 Å². The molecular weight excluding hydrogens is 585 g/mol. The first-order valence-corrected chi connectivity index (χ1v) is 15.2. The standard InChI is InChI=1S/C32H26N4O5S2/c1-4-41-31(38)27-28(21-9-6-5-7-10-21)33-32-35(29(27)25-11-8-16-42-25)30(37)26(43-32)18-22-17-19(2)34(20(22)3)23-12-14-24(15-13-23)36(39)40/h5-18,29H,4H2,1-3H3. The normalized spacial score (nSPS) is 14.9. The summed E-state index contributed by atoms with van der Waals surface area (Å²) in [5.74, 6) is -0.510. The summed E-state index contributed by atoms with van der Waals surface area (Å²) in [6.07, 6.45) is 1.84. The number of non-ortho nitro benzene ring substituents is 1. The van der Waals surface area contributed by atoms with Gasteiger partial charge in [0.05, 0.1) is 27.3 Å². The number of aromatic nitrogens is 2. The van der Waals surface area contributed by atoms with Crippen molar-refractivity contribution in [3.05, 3.63) is 141 Å². The number of hydrogen-bond acceptors (Lipinski definition) is 8. The van der Waals surface area contributed by atoms with Gasteiger partial charge in [-0.05, 0) is 62.1 Å². The maximum atomic E-state index is 14.1. The number of aryl methyl sites for hydroxylation is 1. The Morgan fingerprint density at radius 2 is 1.84 bits per heavy atom. The van der Waals surface area contributed by atoms with Crippen LogP contribution in [0.4, 0.5) is 5.69 Å². The summed E-state index contributed by atoms with van der Waals surface area (Å²) in [7, 11) is 0. The second kappa shape index (κ2) is 11.4. The number of carbonyl (C=O) groups excluding carboxylic acids is 1. The van der Waals surface area contributed by atoms with Crippen molar-refractivity contribution in [1.82, 2.24) is 9.13 Å². The predicted octanol–water partition coefficient (Wildman–Crippen LogP) is 5.31. The van der Waals surface area contributed by atoms with Crippen LogP contribution in [0.1, 0.15) is 40.4 Å². The van der Waals surface area contributed by atoms with Gasteiger partial charge in [-0.2, -0.15) is 0 Å². The van der Waals surface area contributed by atoms with Crippen LogP contribution in [0.2, 0.25) is 0 Å². The quantitative estimate of drug-likeness (QED) is 0.141. The van der Waals surface area contributed by atoms with E-state index in [2.05, 4.69) is 0 Å². The largest absolute Gasteiger partial charge is 0.463 e. The zero-order valence-corrected chi connectivity index (χ0v) is 25.1. The van der Waals surface area contributed by atoms with Crippen LogP contribution in [0.3, 0.4) is 0 Å². The first-order chi connectivity index (χ1) is 20.8. The molecule has 11 heteroatoms. The van der Waals surface area contributed by atoms with Crippen molar-refractivity contribution in [2.75, 3.05) is 6.61 Å². The van der Waals surface area contributed by atoms with Gasteiger partial charge < -0.3 is 9.30 Å². The van der Waals surface area contributed by atoms with E-state index in [1.165, 1.54) is 34.8 Å². The first-order valence-electron chi connectivity index (χ1n) is 13.5. The van der Waals surface area contributed by atoms with Crippen molar-refractivity contribution in [3.63, 3.8) is 0 Å². The van der Waals surface area contributed by atoms with Gasteiger partial charge in [0.25, 0.3) is 11.2 Å². The number of nitrogens with zero attached hydrogens (tertiary/aromatic N) is 4. The number of rotatable bonds is 7. The van der Waals surface area contributed by atoms with Gasteiger partial charge in [0.1, 0.15) is 6.04 Å². The van der Waals surface area contributed by atoms with E-state index in [-0.39, 0.29) is 17.9 Å². The van der Waals surface area contributed by atoms with Gasteiger partial charge in [0.15, 0.2) is 4.80 Å². The Bertz CT molecular complexity index is 2070. The molecule has 0 fully saturated rings. The molecule has 1 aliphatic rings. The molecule has 1 aliphatic heterocycles. The van der Waals surface area contributed by atoms with Crippen LogP contribution in [0.15, 0.2) is 93.5 Å². The van der Waals surface area contributed by atoms with Crippen LogP contribution in [0.25, 0.3) is 17.5 Å². The highest BCUT2D eigenvalue weighted by atomic mass is 32.1. The zero-order chi connectivity index (χ0) is 30.2. The molecule has 0 aliphatic carbocycles. The van der Waals surface area contributed by atoms with Gasteiger partial charge in [0.2, 0.25) is 0 Å². The van der Waals surface area contributed by atoms with E-state index in [0.717, 1.165) is 33.1 Å². The number of esters is 1. The molecule has 0 saturated carbocycles. The molecule has 0 amide bonds. The predicted molar refractivity (Wildman–Crippen MR) is 167 cm³/mol. The SMILES string of the molecule is CCOC(=O)C1=C(c2ccccc2)N=c2sc(=Cc3cc(C)n(-c4ccc([N+](=O)[O-])cc4)c3C)c(=O)n2C1c1cccs1. The summed E-state index contributed by atoms with van der Waals surface area (Å²) in [6.45, 7) is 5.83. The van der Waals surface area contributed by atoms with E-state index in [1.54, 1.807) is 23.6 Å². The summed E-state index contributed by atoms with van der Waals surface area (Å²) in [5.41, 5.74) is 4.75. The third-order valence-electron chi connectivity index (χ3n) is 7.26. The number of nitro groups is 1. The molecule has 4 heterocycles. The second-order valence-electron chi connectivity index (χ2n) is 9.88. The molecule has 5 aromatic rings. The fourth-order valence-electron chi connectivity index (χ4n) is 5.35. The van der Waals surface area contributed by atoms with E-state index in [9.17, 15) is 19.7 Å². The lowest BCUT2D eigenvalue weighted by atomic mass is 9.97. The maximum Gasteiger partial charge on any atom is 0.338 e. The number of benzene rings is 2. The lowest BCUT2D eigenvalue weighted by Crippen LogP contribution is -2.39. The molecule has 9 nitrogen and oxygen atoms in total. The summed E-state index contributed by atoms with van der Waals surface area (Å²) in [6, 6.07) is 20.9. The first kappa shape index (κ1) is 28.3. The Kier molecular flexibility index (Phi) is 7.51. The minimum absolute atomic E-state index is 0.0184. The molecule has 1 atom stereocenters. The van der Waals surface area contributed by atoms with Crippen LogP contribution in [-0.2, 0) is 9.53 Å². The summed E-state index contributed by atoms with van der Waals surface area (Å²) in [4.78, 5) is 44.5. The molecule has 0 bridgehead atoms. The Morgan fingerprint density at radius 3 is 2.49 bits per heavy atom. The summed E-state index contributed by atoms with van der Waals surface area (Å²) >= 11 is 2.74. The highest BCUT2D eigenvalue weighted by Crippen LogP contribution is 2.37. The fourth-order valence-corrected chi connectivity index (χ4v) is 7.17. The van der Waals surface area contributed by atoms with E-state index < -0.39 is 16.9 Å². The van der Waals surface area contributed by atoms with Crippen molar-refractivity contribution >= 4 is 46.1 Å². The van der Waals surface area contributed by atoms with Gasteiger partial charge in [-0.3, -0.25) is 19.5 Å². The Hall–Kier alpha value is -4.87. The monoisotopic (exact) mass is 610 g/mol. The molecule has 6 rings (SSSR count). The Balaban J connectivity index is 1.54. The third-order valence-corrected chi connectivity index (χ3v) is 9.17. The highest BCUT2D eigenvalue weighted by molar-refractivity contribution is 7.10.